The summed E-state index contributed by atoms with van der Waals surface area (Å²) in [6.45, 7) is 0. The van der Waals surface area contributed by atoms with Crippen LogP contribution in [0.15, 0.2) is 22.7 Å². The lowest BCUT2D eigenvalue weighted by atomic mass is 10.1. The van der Waals surface area contributed by atoms with Crippen molar-refractivity contribution in [3.8, 4) is 5.75 Å². The van der Waals surface area contributed by atoms with E-state index in [1.807, 2.05) is 0 Å². The van der Waals surface area contributed by atoms with Gasteiger partial charge >= 0.3 is 18.1 Å². The average Bonchev–Trinajstić information content (AvgIpc) is 2.33. The smallest absolute Gasteiger partial charge is 0.471 e. The molecular formula is C11H9BrF3NO4. The van der Waals surface area contributed by atoms with E-state index in [-0.39, 0.29) is 5.56 Å². The number of carbonyl (C=O) groups is 2. The van der Waals surface area contributed by atoms with Crippen molar-refractivity contribution in [1.29, 1.82) is 0 Å². The maximum absolute atomic E-state index is 12.2. The summed E-state index contributed by atoms with van der Waals surface area (Å²) >= 11 is 3.08. The minimum absolute atomic E-state index is 0.0252. The molecule has 0 aliphatic heterocycles. The number of halogens is 4. The number of ether oxygens (including phenoxy) is 1. The highest BCUT2D eigenvalue weighted by molar-refractivity contribution is 9.10. The first-order valence-electron chi connectivity index (χ1n) is 5.10. The maximum atomic E-state index is 12.2. The number of carboxylic acids is 1. The maximum Gasteiger partial charge on any atom is 0.471 e. The molecule has 0 aliphatic rings. The number of nitrogens with one attached hydrogen (secondary N) is 1. The van der Waals surface area contributed by atoms with E-state index in [2.05, 4.69) is 15.9 Å². The fourth-order valence-electron chi connectivity index (χ4n) is 1.36. The van der Waals surface area contributed by atoms with Gasteiger partial charge in [0.1, 0.15) is 5.75 Å². The van der Waals surface area contributed by atoms with Crippen molar-refractivity contribution in [1.82, 2.24) is 5.32 Å². The molecule has 0 aliphatic carbocycles. The van der Waals surface area contributed by atoms with Crippen molar-refractivity contribution in [3.63, 3.8) is 0 Å². The van der Waals surface area contributed by atoms with Crippen LogP contribution in [0, 0.1) is 0 Å². The Hall–Kier alpha value is -1.77. The van der Waals surface area contributed by atoms with Crippen LogP contribution in [0.2, 0.25) is 0 Å². The van der Waals surface area contributed by atoms with Gasteiger partial charge in [0.15, 0.2) is 6.04 Å². The number of rotatable bonds is 4. The first kappa shape index (κ1) is 16.3. The number of alkyl halides is 3. The Kier molecular flexibility index (Phi) is 4.98. The van der Waals surface area contributed by atoms with Crippen LogP contribution in [0.4, 0.5) is 13.2 Å². The number of aliphatic carboxylic acids is 1. The third-order valence-corrected chi connectivity index (χ3v) is 2.91. The summed E-state index contributed by atoms with van der Waals surface area (Å²) in [6.07, 6.45) is -5.16. The lowest BCUT2D eigenvalue weighted by Gasteiger charge is -2.17. The van der Waals surface area contributed by atoms with Gasteiger partial charge in [0.05, 0.1) is 11.6 Å². The van der Waals surface area contributed by atoms with Crippen molar-refractivity contribution in [2.75, 3.05) is 7.11 Å². The molecule has 0 radical (unpaired) electrons. The van der Waals surface area contributed by atoms with Crippen LogP contribution in [0.5, 0.6) is 5.75 Å². The quantitative estimate of drug-likeness (QED) is 0.868. The molecule has 5 nitrogen and oxygen atoms in total. The Labute approximate surface area is 119 Å². The van der Waals surface area contributed by atoms with Gasteiger partial charge in [-0.05, 0) is 33.6 Å². The summed E-state index contributed by atoms with van der Waals surface area (Å²) in [5.74, 6) is -3.56. The van der Waals surface area contributed by atoms with E-state index >= 15 is 0 Å². The molecule has 0 spiro atoms. The first-order chi connectivity index (χ1) is 9.16. The summed E-state index contributed by atoms with van der Waals surface area (Å²) in [5, 5.41) is 10.3. The molecule has 1 aromatic rings. The molecule has 0 bridgehead atoms. The van der Waals surface area contributed by atoms with Gasteiger partial charge in [-0.2, -0.15) is 13.2 Å². The van der Waals surface area contributed by atoms with Gasteiger partial charge in [0.25, 0.3) is 0 Å². The molecule has 1 unspecified atom stereocenters. The highest BCUT2D eigenvalue weighted by Crippen LogP contribution is 2.28. The van der Waals surface area contributed by atoms with E-state index in [9.17, 15) is 22.8 Å². The Morgan fingerprint density at radius 3 is 2.40 bits per heavy atom. The van der Waals surface area contributed by atoms with Crippen LogP contribution in [0.25, 0.3) is 0 Å². The number of amides is 1. The monoisotopic (exact) mass is 355 g/mol. The fourth-order valence-corrected chi connectivity index (χ4v) is 1.92. The summed E-state index contributed by atoms with van der Waals surface area (Å²) in [5.41, 5.74) is -0.0252. The van der Waals surface area contributed by atoms with Gasteiger partial charge in [-0.25, -0.2) is 4.79 Å². The minimum Gasteiger partial charge on any atom is -0.496 e. The topological polar surface area (TPSA) is 75.6 Å². The largest absolute Gasteiger partial charge is 0.496 e. The van der Waals surface area contributed by atoms with Gasteiger partial charge in [-0.15, -0.1) is 0 Å². The van der Waals surface area contributed by atoms with E-state index in [1.165, 1.54) is 30.6 Å². The SMILES string of the molecule is COc1ccc(C(NC(=O)C(F)(F)F)C(=O)O)cc1Br. The summed E-state index contributed by atoms with van der Waals surface area (Å²) in [6, 6.07) is 2.06. The van der Waals surface area contributed by atoms with Gasteiger partial charge in [-0.3, -0.25) is 4.79 Å². The van der Waals surface area contributed by atoms with Gasteiger partial charge < -0.3 is 15.2 Å². The lowest BCUT2D eigenvalue weighted by Crippen LogP contribution is -2.41. The van der Waals surface area contributed by atoms with Gasteiger partial charge in [0.2, 0.25) is 0 Å². The van der Waals surface area contributed by atoms with E-state index in [1.54, 1.807) is 0 Å². The Balaban J connectivity index is 3.06. The molecule has 0 aromatic heterocycles. The number of methoxy groups -OCH3 is 1. The zero-order valence-corrected chi connectivity index (χ0v) is 11.6. The number of hydrogen-bond donors (Lipinski definition) is 2. The standard InChI is InChI=1S/C11H9BrF3NO4/c1-20-7-3-2-5(4-6(7)12)8(9(17)18)16-10(19)11(13,14)15/h2-4,8H,1H3,(H,16,19)(H,17,18). The first-order valence-corrected chi connectivity index (χ1v) is 5.90. The van der Waals surface area contributed by atoms with Crippen molar-refractivity contribution in [3.05, 3.63) is 28.2 Å². The van der Waals surface area contributed by atoms with E-state index < -0.39 is 24.1 Å². The van der Waals surface area contributed by atoms with Crippen LogP contribution in [0.3, 0.4) is 0 Å². The molecule has 2 N–H and O–H groups in total. The van der Waals surface area contributed by atoms with Crippen molar-refractivity contribution < 1.29 is 32.6 Å². The third kappa shape index (κ3) is 3.86. The third-order valence-electron chi connectivity index (χ3n) is 2.29. The number of hydrogen-bond acceptors (Lipinski definition) is 3. The molecule has 1 atom stereocenters. The van der Waals surface area contributed by atoms with E-state index in [0.717, 1.165) is 0 Å². The molecule has 1 amide bonds. The molecule has 1 aromatic carbocycles. The molecule has 1 rings (SSSR count). The zero-order chi connectivity index (χ0) is 15.5. The van der Waals surface area contributed by atoms with E-state index in [4.69, 9.17) is 9.84 Å². The van der Waals surface area contributed by atoms with Crippen LogP contribution >= 0.6 is 15.9 Å². The molecule has 9 heteroatoms. The molecule has 0 heterocycles. The van der Waals surface area contributed by atoms with Crippen LogP contribution in [-0.4, -0.2) is 30.3 Å². The number of benzene rings is 1. The molecule has 0 saturated carbocycles. The van der Waals surface area contributed by atoms with Crippen molar-refractivity contribution in [2.24, 2.45) is 0 Å². The highest BCUT2D eigenvalue weighted by atomic mass is 79.9. The second kappa shape index (κ2) is 6.12. The van der Waals surface area contributed by atoms with Crippen molar-refractivity contribution >= 4 is 27.8 Å². The van der Waals surface area contributed by atoms with Gasteiger partial charge in [0, 0.05) is 0 Å². The Bertz CT molecular complexity index is 533. The summed E-state index contributed by atoms with van der Waals surface area (Å²) in [4.78, 5) is 21.8. The Morgan fingerprint density at radius 2 is 2.00 bits per heavy atom. The van der Waals surface area contributed by atoms with Crippen LogP contribution < -0.4 is 10.1 Å². The van der Waals surface area contributed by atoms with Gasteiger partial charge in [-0.1, -0.05) is 6.07 Å². The van der Waals surface area contributed by atoms with Crippen LogP contribution in [0.1, 0.15) is 11.6 Å². The van der Waals surface area contributed by atoms with Crippen LogP contribution in [-0.2, 0) is 9.59 Å². The predicted molar refractivity (Wildman–Crippen MR) is 65.3 cm³/mol. The number of carboxylic acid groups (broad SMARTS) is 1. The second-order valence-corrected chi connectivity index (χ2v) is 4.49. The fraction of sp³-hybridized carbons (Fsp3) is 0.273. The molecule has 20 heavy (non-hydrogen) atoms. The molecular weight excluding hydrogens is 347 g/mol. The van der Waals surface area contributed by atoms with E-state index in [0.29, 0.717) is 10.2 Å². The minimum atomic E-state index is -5.16. The summed E-state index contributed by atoms with van der Waals surface area (Å²) < 4.78 is 41.7. The predicted octanol–water partition coefficient (Wildman–Crippen LogP) is 2.26. The Morgan fingerprint density at radius 1 is 1.40 bits per heavy atom. The van der Waals surface area contributed by atoms with Crippen molar-refractivity contribution in [2.45, 2.75) is 12.2 Å². The molecule has 0 saturated heterocycles. The number of carbonyl (C=O) groups excluding carboxylic acids is 1. The normalized spacial score (nSPS) is 12.7. The zero-order valence-electron chi connectivity index (χ0n) is 9.99. The lowest BCUT2D eigenvalue weighted by molar-refractivity contribution is -0.175. The highest BCUT2D eigenvalue weighted by Gasteiger charge is 2.41. The molecule has 110 valence electrons. The average molecular weight is 356 g/mol. The molecule has 0 fully saturated rings. The summed E-state index contributed by atoms with van der Waals surface area (Å²) in [7, 11) is 1.37. The second-order valence-electron chi connectivity index (χ2n) is 3.64.